The molecule has 0 aromatic heterocycles. The van der Waals surface area contributed by atoms with Crippen LogP contribution in [0.25, 0.3) is 0 Å². The van der Waals surface area contributed by atoms with Crippen molar-refractivity contribution in [3.05, 3.63) is 47.8 Å². The number of aliphatic hydroxyl groups excluding tert-OH is 1. The van der Waals surface area contributed by atoms with Gasteiger partial charge < -0.3 is 44.3 Å². The molecule has 5 heterocycles. The number of carboxylic acid groups (broad SMARTS) is 1. The molecule has 1 aromatic carbocycles. The Balaban J connectivity index is 1.25. The number of carboxylic acids is 1. The van der Waals surface area contributed by atoms with Gasteiger partial charge in [0.1, 0.15) is 17.6 Å². The Bertz CT molecular complexity index is 1780. The van der Waals surface area contributed by atoms with Gasteiger partial charge in [0.05, 0.1) is 53.7 Å². The topological polar surface area (TPSA) is 170 Å². The van der Waals surface area contributed by atoms with Crippen molar-refractivity contribution in [3.63, 3.8) is 0 Å². The number of aliphatic carboxylic acids is 1. The summed E-state index contributed by atoms with van der Waals surface area (Å²) in [5.41, 5.74) is -1.52. The lowest BCUT2D eigenvalue weighted by Crippen LogP contribution is -2.65. The van der Waals surface area contributed by atoms with E-state index in [1.165, 1.54) is 24.3 Å². The predicted octanol–water partition coefficient (Wildman–Crippen LogP) is 7.76. The van der Waals surface area contributed by atoms with E-state index in [9.17, 15) is 34.1 Å². The van der Waals surface area contributed by atoms with Gasteiger partial charge >= 0.3 is 5.97 Å². The molecule has 1 amide bonds. The molecule has 0 bridgehead atoms. The van der Waals surface area contributed by atoms with Gasteiger partial charge in [-0.1, -0.05) is 61.5 Å². The molecule has 6 rings (SSSR count). The number of nitrogens with one attached hydrogen (secondary N) is 1. The van der Waals surface area contributed by atoms with E-state index in [1.807, 2.05) is 53.7 Å². The van der Waals surface area contributed by atoms with Crippen molar-refractivity contribution in [3.8, 4) is 0 Å². The van der Waals surface area contributed by atoms with Gasteiger partial charge in [0.2, 0.25) is 0 Å². The van der Waals surface area contributed by atoms with Crippen LogP contribution in [-0.2, 0) is 33.3 Å². The Hall–Kier alpha value is -2.78. The fourth-order valence-corrected chi connectivity index (χ4v) is 11.5. The molecule has 4 fully saturated rings. The van der Waals surface area contributed by atoms with Crippen molar-refractivity contribution in [2.45, 2.75) is 199 Å². The molecule has 1 aromatic rings. The lowest BCUT2D eigenvalue weighted by molar-refractivity contribution is -0.397. The van der Waals surface area contributed by atoms with Gasteiger partial charge in [-0.3, -0.25) is 14.4 Å². The number of aliphatic hydroxyl groups is 2. The Morgan fingerprint density at radius 1 is 0.887 bits per heavy atom. The summed E-state index contributed by atoms with van der Waals surface area (Å²) in [6.45, 7) is 19.5. The minimum Gasteiger partial charge on any atom is -0.481 e. The summed E-state index contributed by atoms with van der Waals surface area (Å²) in [6, 6.07) is 4.56. The molecule has 62 heavy (non-hydrogen) atoms. The summed E-state index contributed by atoms with van der Waals surface area (Å²) in [5.74, 6) is -7.23. The van der Waals surface area contributed by atoms with E-state index >= 15 is 0 Å². The summed E-state index contributed by atoms with van der Waals surface area (Å²) >= 11 is 0. The average molecular weight is 872 g/mol. The van der Waals surface area contributed by atoms with Crippen molar-refractivity contribution >= 4 is 17.7 Å². The number of carbonyl (C=O) groups is 3. The fourth-order valence-electron chi connectivity index (χ4n) is 11.5. The first-order valence-electron chi connectivity index (χ1n) is 23.5. The number of amides is 1. The van der Waals surface area contributed by atoms with Crippen molar-refractivity contribution < 1.29 is 57.8 Å². The number of ketones is 1. The Morgan fingerprint density at radius 3 is 2.18 bits per heavy atom. The molecule has 4 N–H and O–H groups in total. The van der Waals surface area contributed by atoms with Crippen molar-refractivity contribution in [1.29, 1.82) is 0 Å². The molecular weight excluding hydrogens is 798 g/mol. The second-order valence-corrected chi connectivity index (χ2v) is 19.9. The summed E-state index contributed by atoms with van der Waals surface area (Å²) in [4.78, 5) is 40.4. The van der Waals surface area contributed by atoms with Gasteiger partial charge in [-0.2, -0.15) is 0 Å². The molecule has 18 atom stereocenters. The average Bonchev–Trinajstić information content (AvgIpc) is 3.58. The normalized spacial score (nSPS) is 41.0. The molecule has 12 nitrogen and oxygen atoms in total. The van der Waals surface area contributed by atoms with Crippen LogP contribution >= 0.6 is 0 Å². The lowest BCUT2D eigenvalue weighted by Gasteiger charge is -2.55. The number of hydrogen-bond donors (Lipinski definition) is 4. The SMILES string of the molecule is CC[C@@H](C(=O)[C@@H](C)[C@@H](O)[C@H](C)[C@@H]1O[C@@H]([C@@H](CC)C(=O)O)CC[C@@H]1C)[C@H]1O[C@]2(C=C[C@H](NC(=O)c3ccc(F)cc3)[C@]3(CC[C@@](C)([C@H]4CC[C@](O)(CC)[C@H](C)O4)O3)O2)[C@H](C)C[C@@H]1C. The monoisotopic (exact) mass is 872 g/mol. The van der Waals surface area contributed by atoms with Gasteiger partial charge in [-0.25, -0.2) is 4.39 Å². The highest BCUT2D eigenvalue weighted by Gasteiger charge is 2.63. The van der Waals surface area contributed by atoms with Gasteiger partial charge in [0, 0.05) is 35.7 Å². The van der Waals surface area contributed by atoms with E-state index in [-0.39, 0.29) is 35.2 Å². The largest absolute Gasteiger partial charge is 0.481 e. The molecule has 2 spiro atoms. The van der Waals surface area contributed by atoms with Crippen LogP contribution in [-0.4, -0.2) is 98.4 Å². The molecule has 0 radical (unpaired) electrons. The predicted molar refractivity (Wildman–Crippen MR) is 230 cm³/mol. The first-order valence-corrected chi connectivity index (χ1v) is 23.5. The number of halogens is 1. The van der Waals surface area contributed by atoms with E-state index in [2.05, 4.69) is 26.1 Å². The summed E-state index contributed by atoms with van der Waals surface area (Å²) < 4.78 is 48.3. The van der Waals surface area contributed by atoms with Crippen LogP contribution in [0.2, 0.25) is 0 Å². The van der Waals surface area contributed by atoms with E-state index in [4.69, 9.17) is 23.7 Å². The smallest absolute Gasteiger partial charge is 0.309 e. The third-order valence-electron chi connectivity index (χ3n) is 15.9. The molecule has 5 aliphatic heterocycles. The fraction of sp³-hybridized carbons (Fsp3) is 0.776. The molecule has 0 aliphatic carbocycles. The minimum absolute atomic E-state index is 0.0520. The van der Waals surface area contributed by atoms with Crippen molar-refractivity contribution in [2.24, 2.45) is 41.4 Å². The quantitative estimate of drug-likeness (QED) is 0.135. The zero-order chi connectivity index (χ0) is 45.5. The Labute approximate surface area is 368 Å². The maximum Gasteiger partial charge on any atom is 0.309 e. The first kappa shape index (κ1) is 48.7. The maximum atomic E-state index is 14.7. The van der Waals surface area contributed by atoms with Crippen LogP contribution < -0.4 is 5.32 Å². The number of ether oxygens (including phenoxy) is 5. The second kappa shape index (κ2) is 19.0. The molecule has 348 valence electrons. The van der Waals surface area contributed by atoms with Crippen LogP contribution in [0.4, 0.5) is 4.39 Å². The Morgan fingerprint density at radius 2 is 1.56 bits per heavy atom. The van der Waals surface area contributed by atoms with Gasteiger partial charge in [-0.15, -0.1) is 0 Å². The number of Topliss-reactive ketones (excluding diaryl/α,β-unsaturated/α-hetero) is 1. The minimum atomic E-state index is -1.42. The van der Waals surface area contributed by atoms with E-state index in [0.717, 1.165) is 6.42 Å². The first-order chi connectivity index (χ1) is 29.2. The second-order valence-electron chi connectivity index (χ2n) is 19.9. The van der Waals surface area contributed by atoms with Crippen LogP contribution in [0.1, 0.15) is 144 Å². The number of rotatable bonds is 14. The van der Waals surface area contributed by atoms with Gasteiger partial charge in [-0.05, 0) is 114 Å². The molecule has 13 heteroatoms. The molecule has 0 unspecified atom stereocenters. The van der Waals surface area contributed by atoms with E-state index < -0.39 is 101 Å². The van der Waals surface area contributed by atoms with Gasteiger partial charge in [0.15, 0.2) is 11.6 Å². The molecule has 5 aliphatic rings. The van der Waals surface area contributed by atoms with Crippen molar-refractivity contribution in [1.82, 2.24) is 5.32 Å². The Kier molecular flexibility index (Phi) is 14.9. The molecular formula is C49H74FNO11. The van der Waals surface area contributed by atoms with Gasteiger partial charge in [0.25, 0.3) is 5.91 Å². The standard InChI is InChI=1S/C49H74FNO11/c1-11-35(45(55)56)37-19-14-27(4)42(59-37)31(8)40(52)30(7)41(53)36(12-2)43-28(5)26-29(6)48(60-43)23-20-38(51-44(54)33-15-17-34(50)18-16-33)49(62-48)25-24-46(10,61-49)39-21-22-47(57,13-3)32(9)58-39/h15-18,20,23,27-32,35-40,42-43,52,57H,11-14,19,21-22,24-26H2,1-10H3,(H,51,54)(H,55,56)/t27-,28-,29+,30-,31-,32-,35+,36-,37+,38-,39+,40+,42+,43-,46-,47+,48-,49-/m0/s1. The lowest BCUT2D eigenvalue weighted by atomic mass is 9.72. The van der Waals surface area contributed by atoms with E-state index in [1.54, 1.807) is 6.92 Å². The molecule has 4 saturated heterocycles. The van der Waals surface area contributed by atoms with Crippen molar-refractivity contribution in [2.75, 3.05) is 0 Å². The van der Waals surface area contributed by atoms with E-state index in [0.29, 0.717) is 57.8 Å². The molecule has 0 saturated carbocycles. The third-order valence-corrected chi connectivity index (χ3v) is 15.9. The highest BCUT2D eigenvalue weighted by Crippen LogP contribution is 2.54. The van der Waals surface area contributed by atoms with Crippen LogP contribution in [0.15, 0.2) is 36.4 Å². The zero-order valence-electron chi connectivity index (χ0n) is 38.6. The van der Waals surface area contributed by atoms with Crippen LogP contribution in [0, 0.1) is 47.2 Å². The number of carbonyl (C=O) groups excluding carboxylic acids is 2. The summed E-state index contributed by atoms with van der Waals surface area (Å²) in [6.07, 6.45) is 5.96. The van der Waals surface area contributed by atoms with Crippen LogP contribution in [0.3, 0.4) is 0 Å². The van der Waals surface area contributed by atoms with Crippen LogP contribution in [0.5, 0.6) is 0 Å². The summed E-state index contributed by atoms with van der Waals surface area (Å²) in [7, 11) is 0. The highest BCUT2D eigenvalue weighted by atomic mass is 19.1. The number of hydrogen-bond acceptors (Lipinski definition) is 10. The number of benzene rings is 1. The summed E-state index contributed by atoms with van der Waals surface area (Å²) in [5, 5.41) is 36.0. The third kappa shape index (κ3) is 9.33. The highest BCUT2D eigenvalue weighted by molar-refractivity contribution is 5.94. The zero-order valence-corrected chi connectivity index (χ0v) is 38.6. The maximum absolute atomic E-state index is 14.7.